The molecule has 1 heterocycles. The van der Waals surface area contributed by atoms with Crippen LogP contribution in [0.3, 0.4) is 0 Å². The van der Waals surface area contributed by atoms with Gasteiger partial charge in [-0.05, 0) is 38.6 Å². The van der Waals surface area contributed by atoms with Crippen molar-refractivity contribution in [2.45, 2.75) is 52.5 Å². The highest BCUT2D eigenvalue weighted by Crippen LogP contribution is 2.18. The normalized spacial score (nSPS) is 25.4. The molecule has 3 heteroatoms. The van der Waals surface area contributed by atoms with E-state index in [0.717, 1.165) is 26.1 Å². The van der Waals surface area contributed by atoms with Crippen molar-refractivity contribution in [3.8, 4) is 0 Å². The van der Waals surface area contributed by atoms with Crippen LogP contribution in [0.5, 0.6) is 0 Å². The van der Waals surface area contributed by atoms with Crippen molar-refractivity contribution in [1.29, 1.82) is 0 Å². The van der Waals surface area contributed by atoms with Gasteiger partial charge in [0.2, 0.25) is 5.91 Å². The van der Waals surface area contributed by atoms with E-state index in [1.54, 1.807) is 0 Å². The topological polar surface area (TPSA) is 32.3 Å². The van der Waals surface area contributed by atoms with Crippen molar-refractivity contribution in [2.75, 3.05) is 19.6 Å². The molecule has 1 N–H and O–H groups in total. The summed E-state index contributed by atoms with van der Waals surface area (Å²) in [7, 11) is 0. The number of nitrogens with one attached hydrogen (secondary N) is 1. The molecule has 1 saturated heterocycles. The molecule has 0 radical (unpaired) electrons. The molecule has 2 unspecified atom stereocenters. The molecule has 2 atom stereocenters. The van der Waals surface area contributed by atoms with Gasteiger partial charge in [0.1, 0.15) is 0 Å². The minimum absolute atomic E-state index is 0.315. The van der Waals surface area contributed by atoms with Crippen LogP contribution in [0.25, 0.3) is 0 Å². The van der Waals surface area contributed by atoms with Gasteiger partial charge < -0.3 is 10.2 Å². The van der Waals surface area contributed by atoms with E-state index < -0.39 is 0 Å². The fraction of sp³-hybridized carbons (Fsp3) is 0.923. The molecular weight excluding hydrogens is 200 g/mol. The molecule has 0 saturated carbocycles. The molecule has 16 heavy (non-hydrogen) atoms. The summed E-state index contributed by atoms with van der Waals surface area (Å²) in [4.78, 5) is 14.0. The number of amides is 1. The molecule has 0 spiro atoms. The standard InChI is InChI=1S/C13H26N2O/c1-4-9-15(5-2)13(16)10-12-11(3)7-6-8-14-12/h11-12,14H,4-10H2,1-3H3. The Bertz CT molecular complexity index is 218. The Kier molecular flexibility index (Phi) is 5.81. The van der Waals surface area contributed by atoms with Crippen molar-refractivity contribution < 1.29 is 4.79 Å². The van der Waals surface area contributed by atoms with Gasteiger partial charge in [0.05, 0.1) is 0 Å². The summed E-state index contributed by atoms with van der Waals surface area (Å²) < 4.78 is 0. The zero-order valence-corrected chi connectivity index (χ0v) is 11.0. The van der Waals surface area contributed by atoms with Gasteiger partial charge in [0, 0.05) is 25.6 Å². The Balaban J connectivity index is 2.41. The lowest BCUT2D eigenvalue weighted by Gasteiger charge is -2.31. The first kappa shape index (κ1) is 13.5. The lowest BCUT2D eigenvalue weighted by Crippen LogP contribution is -2.44. The number of nitrogens with zero attached hydrogens (tertiary/aromatic N) is 1. The van der Waals surface area contributed by atoms with Crippen LogP contribution in [0.2, 0.25) is 0 Å². The van der Waals surface area contributed by atoms with Crippen molar-refractivity contribution >= 4 is 5.91 Å². The van der Waals surface area contributed by atoms with E-state index in [1.165, 1.54) is 12.8 Å². The summed E-state index contributed by atoms with van der Waals surface area (Å²) in [5.74, 6) is 0.952. The maximum Gasteiger partial charge on any atom is 0.224 e. The number of piperidine rings is 1. The molecule has 0 aromatic carbocycles. The van der Waals surface area contributed by atoms with Crippen LogP contribution in [0.15, 0.2) is 0 Å². The van der Waals surface area contributed by atoms with E-state index >= 15 is 0 Å². The average Bonchev–Trinajstić information content (AvgIpc) is 2.29. The van der Waals surface area contributed by atoms with Gasteiger partial charge in [-0.15, -0.1) is 0 Å². The third-order valence-corrected chi connectivity index (χ3v) is 3.55. The van der Waals surface area contributed by atoms with E-state index in [2.05, 4.69) is 26.1 Å². The number of hydrogen-bond acceptors (Lipinski definition) is 2. The summed E-state index contributed by atoms with van der Waals surface area (Å²) in [5, 5.41) is 3.47. The minimum Gasteiger partial charge on any atom is -0.343 e. The first-order valence-electron chi connectivity index (χ1n) is 6.70. The van der Waals surface area contributed by atoms with Gasteiger partial charge in [-0.25, -0.2) is 0 Å². The molecule has 0 aromatic rings. The zero-order valence-electron chi connectivity index (χ0n) is 11.0. The largest absolute Gasteiger partial charge is 0.343 e. The highest BCUT2D eigenvalue weighted by Gasteiger charge is 2.24. The van der Waals surface area contributed by atoms with E-state index in [-0.39, 0.29) is 0 Å². The van der Waals surface area contributed by atoms with Crippen LogP contribution in [0, 0.1) is 5.92 Å². The Hall–Kier alpha value is -0.570. The van der Waals surface area contributed by atoms with Crippen molar-refractivity contribution in [3.05, 3.63) is 0 Å². The summed E-state index contributed by atoms with van der Waals surface area (Å²) >= 11 is 0. The van der Waals surface area contributed by atoms with Gasteiger partial charge in [0.15, 0.2) is 0 Å². The molecule has 1 aliphatic heterocycles. The third kappa shape index (κ3) is 3.78. The molecule has 1 rings (SSSR count). The zero-order chi connectivity index (χ0) is 12.0. The van der Waals surface area contributed by atoms with Gasteiger partial charge in [0.25, 0.3) is 0 Å². The van der Waals surface area contributed by atoms with Crippen molar-refractivity contribution in [1.82, 2.24) is 10.2 Å². The monoisotopic (exact) mass is 226 g/mol. The smallest absolute Gasteiger partial charge is 0.224 e. The summed E-state index contributed by atoms with van der Waals surface area (Å²) in [5.41, 5.74) is 0. The quantitative estimate of drug-likeness (QED) is 0.778. The fourth-order valence-corrected chi connectivity index (χ4v) is 2.43. The minimum atomic E-state index is 0.315. The molecule has 0 aromatic heterocycles. The summed E-state index contributed by atoms with van der Waals surface area (Å²) in [6.07, 6.45) is 4.23. The lowest BCUT2D eigenvalue weighted by molar-refractivity contribution is -0.132. The second kappa shape index (κ2) is 6.89. The number of carbonyl (C=O) groups is 1. The second-order valence-electron chi connectivity index (χ2n) is 4.86. The van der Waals surface area contributed by atoms with Crippen molar-refractivity contribution in [3.63, 3.8) is 0 Å². The first-order chi connectivity index (χ1) is 7.69. The molecule has 1 fully saturated rings. The highest BCUT2D eigenvalue weighted by molar-refractivity contribution is 5.76. The van der Waals surface area contributed by atoms with Crippen LogP contribution in [0.1, 0.15) is 46.5 Å². The molecule has 0 aliphatic carbocycles. The van der Waals surface area contributed by atoms with E-state index in [0.29, 0.717) is 24.3 Å². The van der Waals surface area contributed by atoms with Crippen LogP contribution in [-0.2, 0) is 4.79 Å². The average molecular weight is 226 g/mol. The second-order valence-corrected chi connectivity index (χ2v) is 4.86. The number of carbonyl (C=O) groups excluding carboxylic acids is 1. The highest BCUT2D eigenvalue weighted by atomic mass is 16.2. The molecular formula is C13H26N2O. The third-order valence-electron chi connectivity index (χ3n) is 3.55. The number of hydrogen-bond donors (Lipinski definition) is 1. The predicted octanol–water partition coefficient (Wildman–Crippen LogP) is 2.02. The van der Waals surface area contributed by atoms with Gasteiger partial charge in [-0.2, -0.15) is 0 Å². The van der Waals surface area contributed by atoms with Crippen LogP contribution in [0.4, 0.5) is 0 Å². The van der Waals surface area contributed by atoms with Gasteiger partial charge in [-0.3, -0.25) is 4.79 Å². The van der Waals surface area contributed by atoms with Crippen LogP contribution < -0.4 is 5.32 Å². The Morgan fingerprint density at radius 1 is 1.44 bits per heavy atom. The maximum absolute atomic E-state index is 12.1. The van der Waals surface area contributed by atoms with Crippen molar-refractivity contribution in [2.24, 2.45) is 5.92 Å². The van der Waals surface area contributed by atoms with E-state index in [1.807, 2.05) is 4.90 Å². The Labute approximate surface area is 99.6 Å². The first-order valence-corrected chi connectivity index (χ1v) is 6.70. The molecule has 94 valence electrons. The van der Waals surface area contributed by atoms with Gasteiger partial charge in [-0.1, -0.05) is 13.8 Å². The fourth-order valence-electron chi connectivity index (χ4n) is 2.43. The number of rotatable bonds is 5. The molecule has 1 amide bonds. The Morgan fingerprint density at radius 2 is 2.19 bits per heavy atom. The molecule has 0 bridgehead atoms. The maximum atomic E-state index is 12.1. The van der Waals surface area contributed by atoms with Crippen LogP contribution >= 0.6 is 0 Å². The molecule has 3 nitrogen and oxygen atoms in total. The summed E-state index contributed by atoms with van der Waals surface area (Å²) in [6, 6.07) is 0.396. The molecule has 1 aliphatic rings. The van der Waals surface area contributed by atoms with Crippen LogP contribution in [-0.4, -0.2) is 36.5 Å². The lowest BCUT2D eigenvalue weighted by atomic mass is 9.90. The van der Waals surface area contributed by atoms with Gasteiger partial charge >= 0.3 is 0 Å². The SMILES string of the molecule is CCCN(CC)C(=O)CC1NCCCC1C. The van der Waals surface area contributed by atoms with E-state index in [9.17, 15) is 4.79 Å². The predicted molar refractivity (Wildman–Crippen MR) is 67.4 cm³/mol. The summed E-state index contributed by atoms with van der Waals surface area (Å²) in [6.45, 7) is 9.25. The van der Waals surface area contributed by atoms with E-state index in [4.69, 9.17) is 0 Å². The Morgan fingerprint density at radius 3 is 2.75 bits per heavy atom.